The van der Waals surface area contributed by atoms with Crippen LogP contribution in [0.2, 0.25) is 0 Å². The fraction of sp³-hybridized carbons (Fsp3) is 0.714. The number of carbonyl (C=O) groups is 2. The summed E-state index contributed by atoms with van der Waals surface area (Å²) in [7, 11) is 0. The van der Waals surface area contributed by atoms with Crippen LogP contribution in [-0.4, -0.2) is 18.5 Å². The van der Waals surface area contributed by atoms with Gasteiger partial charge in [0.25, 0.3) is 0 Å². The maximum absolute atomic E-state index is 8.89. The van der Waals surface area contributed by atoms with E-state index in [9.17, 15) is 0 Å². The Morgan fingerprint density at radius 3 is 1.23 bits per heavy atom. The van der Waals surface area contributed by atoms with Gasteiger partial charge in [-0.2, -0.15) is 0 Å². The molecule has 0 aromatic heterocycles. The van der Waals surface area contributed by atoms with Gasteiger partial charge in [-0.3, -0.25) is 0 Å². The van der Waals surface area contributed by atoms with Crippen molar-refractivity contribution in [2.24, 2.45) is 5.73 Å². The minimum Gasteiger partial charge on any atom is -0.550 e. The van der Waals surface area contributed by atoms with Crippen molar-refractivity contribution in [2.75, 3.05) is 6.54 Å². The van der Waals surface area contributed by atoms with Crippen molar-refractivity contribution in [3.05, 3.63) is 0 Å². The molecule has 0 aliphatic carbocycles. The fourth-order valence-corrected chi connectivity index (χ4v) is 0. The Kier molecular flexibility index (Phi) is 39.6. The molecule has 6 heteroatoms. The third-order valence-electron chi connectivity index (χ3n) is 0.289. The van der Waals surface area contributed by atoms with Crippen LogP contribution < -0.4 is 15.9 Å². The number of hydrogen-bond donors (Lipinski definition) is 1. The Morgan fingerprint density at radius 2 is 1.23 bits per heavy atom. The van der Waals surface area contributed by atoms with Crippen LogP contribution in [0.4, 0.5) is 0 Å². The normalized spacial score (nSPS) is 6.15. The van der Waals surface area contributed by atoms with Crippen molar-refractivity contribution in [3.63, 3.8) is 0 Å². The average molecular weight is 241 g/mol. The second-order valence-corrected chi connectivity index (χ2v) is 1.77. The van der Waals surface area contributed by atoms with Gasteiger partial charge in [-0.25, -0.2) is 0 Å². The van der Waals surface area contributed by atoms with Crippen molar-refractivity contribution in [1.29, 1.82) is 0 Å². The van der Waals surface area contributed by atoms with Crippen LogP contribution in [0.5, 0.6) is 0 Å². The molecule has 0 bridgehead atoms. The van der Waals surface area contributed by atoms with Crippen molar-refractivity contribution >= 4 is 11.9 Å². The first-order valence-electron chi connectivity index (χ1n) is 3.43. The Labute approximate surface area is 88.8 Å². The van der Waals surface area contributed by atoms with Gasteiger partial charge in [-0.15, -0.1) is 0 Å². The molecule has 0 saturated carbocycles. The molecule has 5 nitrogen and oxygen atoms in total. The van der Waals surface area contributed by atoms with E-state index in [-0.39, 0.29) is 17.1 Å². The average Bonchev–Trinajstić information content (AvgIpc) is 1.85. The van der Waals surface area contributed by atoms with Crippen molar-refractivity contribution in [2.45, 2.75) is 27.2 Å². The Hall–Kier alpha value is -0.581. The molecule has 0 aromatic rings. The number of nitrogens with two attached hydrogens (primary N) is 1. The second kappa shape index (κ2) is 22.5. The molecule has 0 aliphatic heterocycles. The van der Waals surface area contributed by atoms with Crippen molar-refractivity contribution in [1.82, 2.24) is 0 Å². The summed E-state index contributed by atoms with van der Waals surface area (Å²) in [6, 6.07) is 0. The van der Waals surface area contributed by atoms with Gasteiger partial charge >= 0.3 is 17.1 Å². The predicted octanol–water partition coefficient (Wildman–Crippen LogP) is -2.13. The quantitative estimate of drug-likeness (QED) is 0.527. The summed E-state index contributed by atoms with van der Waals surface area (Å²) < 4.78 is 0. The number of rotatable bonds is 1. The van der Waals surface area contributed by atoms with Crippen molar-refractivity contribution in [3.8, 4) is 0 Å². The zero-order chi connectivity index (χ0) is 10.6. The fourth-order valence-electron chi connectivity index (χ4n) is 0. The van der Waals surface area contributed by atoms with E-state index in [0.29, 0.717) is 0 Å². The van der Waals surface area contributed by atoms with Crippen LogP contribution in [-0.2, 0) is 26.7 Å². The molecule has 0 fully saturated rings. The summed E-state index contributed by atoms with van der Waals surface area (Å²) in [4.78, 5) is 17.8. The van der Waals surface area contributed by atoms with E-state index in [0.717, 1.165) is 26.8 Å². The molecule has 0 spiro atoms. The molecule has 0 atom stereocenters. The molecular formula is C7H15CuNO4. The molecule has 83 valence electrons. The SMILES string of the molecule is CC(=O)[O-].CC(=O)[O-].CCCN.[Cu+2]. The molecular weight excluding hydrogens is 226 g/mol. The monoisotopic (exact) mass is 240 g/mol. The van der Waals surface area contributed by atoms with Crippen molar-refractivity contribution < 1.29 is 36.9 Å². The van der Waals surface area contributed by atoms with Gasteiger partial charge in [0.1, 0.15) is 0 Å². The van der Waals surface area contributed by atoms with E-state index in [1.54, 1.807) is 0 Å². The Bertz CT molecular complexity index is 97.1. The van der Waals surface area contributed by atoms with Crippen LogP contribution in [0.25, 0.3) is 0 Å². The van der Waals surface area contributed by atoms with E-state index in [1.165, 1.54) is 0 Å². The van der Waals surface area contributed by atoms with Crippen LogP contribution in [0.3, 0.4) is 0 Å². The third-order valence-corrected chi connectivity index (χ3v) is 0.289. The number of carbonyl (C=O) groups excluding carboxylic acids is 2. The molecule has 0 rings (SSSR count). The summed E-state index contributed by atoms with van der Waals surface area (Å²) in [6.07, 6.45) is 1.10. The number of carboxylic acids is 2. The first kappa shape index (κ1) is 22.8. The molecule has 13 heavy (non-hydrogen) atoms. The first-order chi connectivity index (χ1) is 5.38. The minimum atomic E-state index is -1.08. The van der Waals surface area contributed by atoms with E-state index >= 15 is 0 Å². The topological polar surface area (TPSA) is 106 Å². The summed E-state index contributed by atoms with van der Waals surface area (Å²) >= 11 is 0. The number of hydrogen-bond acceptors (Lipinski definition) is 5. The van der Waals surface area contributed by atoms with Crippen LogP contribution >= 0.6 is 0 Å². The van der Waals surface area contributed by atoms with E-state index in [2.05, 4.69) is 6.92 Å². The van der Waals surface area contributed by atoms with Gasteiger partial charge in [0, 0.05) is 11.9 Å². The van der Waals surface area contributed by atoms with Crippen LogP contribution in [0.15, 0.2) is 0 Å². The smallest absolute Gasteiger partial charge is 0.550 e. The standard InChI is InChI=1S/C3H9N.2C2H4O2.Cu/c1-2-3-4;2*1-2(3)4;/h2-4H2,1H3;2*1H3,(H,3,4);/q;;;+2/p-2. The Balaban J connectivity index is -0.0000000450. The van der Waals surface area contributed by atoms with Gasteiger partial charge in [0.2, 0.25) is 0 Å². The van der Waals surface area contributed by atoms with Gasteiger partial charge in [0.05, 0.1) is 0 Å². The minimum absolute atomic E-state index is 0. The largest absolute Gasteiger partial charge is 2.00 e. The van der Waals surface area contributed by atoms with Crippen LogP contribution in [0.1, 0.15) is 27.2 Å². The maximum atomic E-state index is 8.89. The molecule has 0 saturated heterocycles. The summed E-state index contributed by atoms with van der Waals surface area (Å²) in [6.45, 7) is 4.82. The molecule has 1 radical (unpaired) electrons. The van der Waals surface area contributed by atoms with Gasteiger partial charge in [-0.05, 0) is 26.8 Å². The Morgan fingerprint density at radius 1 is 1.15 bits per heavy atom. The first-order valence-corrected chi connectivity index (χ1v) is 3.43. The van der Waals surface area contributed by atoms with E-state index in [4.69, 9.17) is 25.5 Å². The zero-order valence-electron chi connectivity index (χ0n) is 7.93. The molecule has 0 amide bonds. The number of carboxylic acid groups (broad SMARTS) is 2. The van der Waals surface area contributed by atoms with Crippen LogP contribution in [0, 0.1) is 0 Å². The molecule has 2 N–H and O–H groups in total. The van der Waals surface area contributed by atoms with Gasteiger partial charge in [0.15, 0.2) is 0 Å². The maximum Gasteiger partial charge on any atom is 2.00 e. The predicted molar refractivity (Wildman–Crippen MR) is 40.7 cm³/mol. The summed E-state index contributed by atoms with van der Waals surface area (Å²) in [5.74, 6) is -2.17. The van der Waals surface area contributed by atoms with Gasteiger partial charge in [-0.1, -0.05) is 6.92 Å². The van der Waals surface area contributed by atoms with E-state index in [1.807, 2.05) is 0 Å². The zero-order valence-corrected chi connectivity index (χ0v) is 8.87. The summed E-state index contributed by atoms with van der Waals surface area (Å²) in [5, 5.41) is 17.8. The molecule has 0 aromatic carbocycles. The van der Waals surface area contributed by atoms with E-state index < -0.39 is 11.9 Å². The molecule has 0 heterocycles. The molecule has 0 unspecified atom stereocenters. The third kappa shape index (κ3) is 5760. The second-order valence-electron chi connectivity index (χ2n) is 1.77. The van der Waals surface area contributed by atoms with Gasteiger partial charge < -0.3 is 25.5 Å². The summed E-state index contributed by atoms with van der Waals surface area (Å²) in [5.41, 5.74) is 5.03. The molecule has 0 aliphatic rings. The number of aliphatic carboxylic acids is 2.